The van der Waals surface area contributed by atoms with E-state index >= 15 is 0 Å². The Morgan fingerprint density at radius 2 is 2.20 bits per heavy atom. The average Bonchev–Trinajstić information content (AvgIpc) is 2.84. The van der Waals surface area contributed by atoms with Crippen LogP contribution in [0.2, 0.25) is 0 Å². The number of hydrogen-bond donors (Lipinski definition) is 1. The van der Waals surface area contributed by atoms with Crippen molar-refractivity contribution < 1.29 is 48.3 Å². The first-order valence-corrected chi connectivity index (χ1v) is 7.26. The third-order valence-corrected chi connectivity index (χ3v) is 4.88. The van der Waals surface area contributed by atoms with Crippen molar-refractivity contribution in [1.29, 1.82) is 0 Å². The zero-order chi connectivity index (χ0) is 14.2. The molecule has 0 aliphatic carbocycles. The molecule has 1 aliphatic heterocycles. The van der Waals surface area contributed by atoms with Crippen molar-refractivity contribution in [3.63, 3.8) is 0 Å². The van der Waals surface area contributed by atoms with Gasteiger partial charge >= 0.3 is 35.2 Å². The zero-order valence-corrected chi connectivity index (χ0v) is 14.4. The predicted octanol–water partition coefficient (Wildman–Crippen LogP) is -3.66. The van der Waals surface area contributed by atoms with Gasteiger partial charge < -0.3 is 18.7 Å². The Balaban J connectivity index is 0.00000200. The first-order chi connectivity index (χ1) is 8.85. The van der Waals surface area contributed by atoms with E-state index in [2.05, 4.69) is 9.51 Å². The number of nitrogens with one attached hydrogen (secondary N) is 1. The van der Waals surface area contributed by atoms with E-state index in [-0.39, 0.29) is 42.6 Å². The van der Waals surface area contributed by atoms with Crippen LogP contribution in [0.3, 0.4) is 0 Å². The smallest absolute Gasteiger partial charge is 0.778 e. The maximum Gasteiger partial charge on any atom is 1.00 e. The summed E-state index contributed by atoms with van der Waals surface area (Å²) in [5.41, 5.74) is -1.54. The Morgan fingerprint density at radius 1 is 1.55 bits per heavy atom. The molecule has 10 heteroatoms. The van der Waals surface area contributed by atoms with Crippen molar-refractivity contribution in [2.75, 3.05) is 13.7 Å². The summed E-state index contributed by atoms with van der Waals surface area (Å²) in [6.07, 6.45) is 0.752. The molecular weight excluding hydrogens is 298 g/mol. The van der Waals surface area contributed by atoms with Gasteiger partial charge in [-0.2, -0.15) is 0 Å². The number of rotatable bonds is 3. The maximum absolute atomic E-state index is 11.7. The number of aromatic nitrogens is 2. The van der Waals surface area contributed by atoms with Gasteiger partial charge in [-0.25, -0.2) is 4.79 Å². The summed E-state index contributed by atoms with van der Waals surface area (Å²) in [5, 5.41) is 0. The molecule has 1 aromatic rings. The molecule has 2 rings (SSSR count). The van der Waals surface area contributed by atoms with Crippen LogP contribution in [0.5, 0.6) is 0 Å². The second-order valence-corrected chi connectivity index (χ2v) is 6.55. The van der Waals surface area contributed by atoms with Gasteiger partial charge in [-0.15, -0.1) is 0 Å². The van der Waals surface area contributed by atoms with Gasteiger partial charge in [-0.05, 0) is 6.92 Å². The monoisotopic (exact) mass is 312 g/mol. The van der Waals surface area contributed by atoms with Gasteiger partial charge in [0.25, 0.3) is 5.56 Å². The average molecular weight is 312 g/mol. The van der Waals surface area contributed by atoms with Gasteiger partial charge in [0, 0.05) is 25.3 Å². The molecule has 8 nitrogen and oxygen atoms in total. The fraction of sp³-hybridized carbons (Fsp3) is 0.600. The van der Waals surface area contributed by atoms with Crippen LogP contribution < -0.4 is 45.7 Å². The van der Waals surface area contributed by atoms with E-state index in [4.69, 9.17) is 4.74 Å². The number of aromatic amines is 1. The second-order valence-electron chi connectivity index (χ2n) is 4.38. The molecule has 1 N–H and O–H groups in total. The van der Waals surface area contributed by atoms with E-state index < -0.39 is 30.7 Å². The summed E-state index contributed by atoms with van der Waals surface area (Å²) in [4.78, 5) is 36.6. The van der Waals surface area contributed by atoms with Gasteiger partial charge in [-0.3, -0.25) is 14.3 Å². The van der Waals surface area contributed by atoms with Crippen molar-refractivity contribution in [3.8, 4) is 0 Å². The largest absolute Gasteiger partial charge is 1.00 e. The minimum atomic E-state index is -3.98. The summed E-state index contributed by atoms with van der Waals surface area (Å²) >= 11 is 0. The molecule has 3 unspecified atom stereocenters. The summed E-state index contributed by atoms with van der Waals surface area (Å²) in [6, 6.07) is 0. The Labute approximate surface area is 136 Å². The van der Waals surface area contributed by atoms with Crippen LogP contribution in [0.25, 0.3) is 0 Å². The summed E-state index contributed by atoms with van der Waals surface area (Å²) in [7, 11) is -2.88. The molecule has 3 atom stereocenters. The van der Waals surface area contributed by atoms with E-state index in [9.17, 15) is 19.0 Å². The summed E-state index contributed by atoms with van der Waals surface area (Å²) in [5.74, 6) is 0. The van der Waals surface area contributed by atoms with E-state index in [1.807, 2.05) is 0 Å². The minimum Gasteiger partial charge on any atom is -0.778 e. The SMILES string of the molecule is COP(=O)([O-])C1COC(n2cc(C)c(=O)[nH]c2=O)C1.[Na+]. The third kappa shape index (κ3) is 3.51. The van der Waals surface area contributed by atoms with E-state index in [1.165, 1.54) is 10.8 Å². The van der Waals surface area contributed by atoms with E-state index in [1.54, 1.807) is 6.92 Å². The number of hydrogen-bond acceptors (Lipinski definition) is 6. The first-order valence-electron chi connectivity index (χ1n) is 5.65. The molecule has 0 bridgehead atoms. The van der Waals surface area contributed by atoms with Crippen molar-refractivity contribution in [3.05, 3.63) is 32.6 Å². The quantitative estimate of drug-likeness (QED) is 0.454. The van der Waals surface area contributed by atoms with Gasteiger partial charge in [-0.1, -0.05) is 0 Å². The van der Waals surface area contributed by atoms with Crippen LogP contribution in [-0.4, -0.2) is 28.9 Å². The third-order valence-electron chi connectivity index (χ3n) is 3.11. The van der Waals surface area contributed by atoms with Gasteiger partial charge in [0.2, 0.25) is 0 Å². The topological polar surface area (TPSA) is 113 Å². The van der Waals surface area contributed by atoms with Crippen molar-refractivity contribution in [2.24, 2.45) is 0 Å². The summed E-state index contributed by atoms with van der Waals surface area (Å²) in [6.45, 7) is 1.51. The van der Waals surface area contributed by atoms with Crippen LogP contribution in [0, 0.1) is 6.92 Å². The Kier molecular flexibility index (Phi) is 5.98. The number of nitrogens with zero attached hydrogens (tertiary/aromatic N) is 1. The zero-order valence-electron chi connectivity index (χ0n) is 11.5. The van der Waals surface area contributed by atoms with Gasteiger partial charge in [0.15, 0.2) is 0 Å². The van der Waals surface area contributed by atoms with Crippen molar-refractivity contribution >= 4 is 7.60 Å². The molecule has 2 heterocycles. The van der Waals surface area contributed by atoms with Crippen LogP contribution in [0.1, 0.15) is 18.2 Å². The molecule has 0 amide bonds. The number of aryl methyl sites for hydroxylation is 1. The number of H-pyrrole nitrogens is 1. The Morgan fingerprint density at radius 3 is 2.80 bits per heavy atom. The molecule has 0 aromatic carbocycles. The van der Waals surface area contributed by atoms with Crippen LogP contribution in [-0.2, 0) is 13.8 Å². The van der Waals surface area contributed by atoms with E-state index in [0.29, 0.717) is 5.56 Å². The van der Waals surface area contributed by atoms with Crippen LogP contribution >= 0.6 is 7.60 Å². The summed E-state index contributed by atoms with van der Waals surface area (Å²) < 4.78 is 22.5. The Hall–Kier alpha value is -0.210. The van der Waals surface area contributed by atoms with Crippen LogP contribution in [0.15, 0.2) is 15.8 Å². The molecule has 0 radical (unpaired) electrons. The fourth-order valence-corrected chi connectivity index (χ4v) is 2.96. The van der Waals surface area contributed by atoms with Crippen molar-refractivity contribution in [1.82, 2.24) is 9.55 Å². The van der Waals surface area contributed by atoms with Gasteiger partial charge in [0.1, 0.15) is 13.8 Å². The first kappa shape index (κ1) is 17.8. The van der Waals surface area contributed by atoms with Crippen molar-refractivity contribution in [2.45, 2.75) is 25.2 Å². The molecule has 1 aromatic heterocycles. The molecule has 0 saturated carbocycles. The molecule has 20 heavy (non-hydrogen) atoms. The molecular formula is C10H14N2NaO6P. The standard InChI is InChI=1S/C10H15N2O6P.Na/c1-6-4-12(10(14)11-9(6)13)8-3-7(5-18-8)19(15,16)17-2;/h4,7-8H,3,5H2,1-2H3,(H,15,16)(H,11,13,14);/q;+1/p-1. The normalized spacial score (nSPS) is 24.9. The minimum absolute atomic E-state index is 0. The second kappa shape index (κ2) is 6.70. The van der Waals surface area contributed by atoms with E-state index in [0.717, 1.165) is 7.11 Å². The number of ether oxygens (including phenoxy) is 1. The Bertz CT molecular complexity index is 641. The molecule has 1 fully saturated rings. The fourth-order valence-electron chi connectivity index (χ4n) is 1.95. The maximum atomic E-state index is 11.7. The molecule has 0 spiro atoms. The van der Waals surface area contributed by atoms with Crippen LogP contribution in [0.4, 0.5) is 0 Å². The molecule has 1 saturated heterocycles. The molecule has 1 aliphatic rings. The van der Waals surface area contributed by atoms with Gasteiger partial charge in [0.05, 0.1) is 12.3 Å². The molecule has 106 valence electrons. The predicted molar refractivity (Wildman–Crippen MR) is 64.1 cm³/mol.